The number of ether oxygens (including phenoxy) is 1. The Kier molecular flexibility index (Phi) is 3.46. The van der Waals surface area contributed by atoms with E-state index >= 15 is 0 Å². The number of morpholine rings is 1. The molecule has 0 saturated carbocycles. The van der Waals surface area contributed by atoms with Crippen LogP contribution in [0.2, 0.25) is 0 Å². The van der Waals surface area contributed by atoms with Crippen LogP contribution in [0.1, 0.15) is 5.56 Å². The number of aromatic amines is 1. The van der Waals surface area contributed by atoms with Gasteiger partial charge >= 0.3 is 6.03 Å². The minimum atomic E-state index is -0.622. The van der Waals surface area contributed by atoms with Gasteiger partial charge in [0, 0.05) is 30.5 Å². The van der Waals surface area contributed by atoms with E-state index in [0.29, 0.717) is 11.5 Å². The number of anilines is 1. The third-order valence-corrected chi connectivity index (χ3v) is 4.29. The number of H-pyrrole nitrogens is 1. The van der Waals surface area contributed by atoms with Crippen LogP contribution in [0.5, 0.6) is 0 Å². The van der Waals surface area contributed by atoms with Crippen molar-refractivity contribution in [2.75, 3.05) is 31.2 Å². The number of hydrogen-bond acceptors (Lipinski definition) is 5. The maximum absolute atomic E-state index is 11.2. The van der Waals surface area contributed by atoms with Crippen molar-refractivity contribution in [3.8, 4) is 11.5 Å². The molecule has 1 aliphatic rings. The normalized spacial score (nSPS) is 15.1. The Morgan fingerprint density at radius 3 is 2.79 bits per heavy atom. The highest BCUT2D eigenvalue weighted by atomic mass is 16.5. The van der Waals surface area contributed by atoms with E-state index in [2.05, 4.69) is 33.0 Å². The third kappa shape index (κ3) is 2.41. The fourth-order valence-electron chi connectivity index (χ4n) is 3.04. The van der Waals surface area contributed by atoms with E-state index < -0.39 is 6.03 Å². The Morgan fingerprint density at radius 2 is 2.08 bits per heavy atom. The highest BCUT2D eigenvalue weighted by Crippen LogP contribution is 2.29. The third-order valence-electron chi connectivity index (χ3n) is 4.29. The number of rotatable bonds is 2. The first-order valence-corrected chi connectivity index (χ1v) is 7.81. The quantitative estimate of drug-likeness (QED) is 0.743. The van der Waals surface area contributed by atoms with Gasteiger partial charge in [-0.05, 0) is 25.1 Å². The molecule has 0 atom stereocenters. The van der Waals surface area contributed by atoms with Crippen LogP contribution < -0.4 is 10.6 Å². The maximum atomic E-state index is 11.2. The lowest BCUT2D eigenvalue weighted by atomic mass is 10.1. The number of carbonyl (C=O) groups excluding carboxylic acids is 1. The van der Waals surface area contributed by atoms with Gasteiger partial charge in [-0.2, -0.15) is 9.78 Å². The molecule has 8 heteroatoms. The topological polar surface area (TPSA) is 102 Å². The summed E-state index contributed by atoms with van der Waals surface area (Å²) < 4.78 is 6.51. The first-order chi connectivity index (χ1) is 11.6. The summed E-state index contributed by atoms with van der Waals surface area (Å²) in [5.41, 5.74) is 9.94. The van der Waals surface area contributed by atoms with E-state index in [1.165, 1.54) is 11.9 Å². The molecule has 1 fully saturated rings. The minimum Gasteiger partial charge on any atom is -0.378 e. The molecule has 0 unspecified atom stereocenters. The first kappa shape index (κ1) is 14.7. The molecular formula is C16H18N6O2. The molecule has 1 saturated heterocycles. The number of amides is 1. The molecule has 24 heavy (non-hydrogen) atoms. The number of carbonyl (C=O) groups is 1. The van der Waals surface area contributed by atoms with Crippen LogP contribution >= 0.6 is 0 Å². The summed E-state index contributed by atoms with van der Waals surface area (Å²) in [5.74, 6) is 0.618. The van der Waals surface area contributed by atoms with E-state index in [1.54, 1.807) is 6.07 Å². The monoisotopic (exact) mass is 326 g/mol. The predicted molar refractivity (Wildman–Crippen MR) is 90.1 cm³/mol. The number of nitrogens with zero attached hydrogens (tertiary/aromatic N) is 4. The number of benzene rings is 1. The fraction of sp³-hybridized carbons (Fsp3) is 0.312. The Balaban J connectivity index is 1.74. The SMILES string of the molecule is Cc1c(N2CCOCC2)ccc2[nH]c(-c3ccn(C(N)=O)n3)nc12. The van der Waals surface area contributed by atoms with Crippen molar-refractivity contribution in [1.29, 1.82) is 0 Å². The van der Waals surface area contributed by atoms with Crippen LogP contribution in [0.25, 0.3) is 22.6 Å². The zero-order valence-corrected chi connectivity index (χ0v) is 13.3. The van der Waals surface area contributed by atoms with Crippen LogP contribution in [-0.4, -0.2) is 52.1 Å². The molecule has 8 nitrogen and oxygen atoms in total. The molecule has 3 aromatic rings. The zero-order chi connectivity index (χ0) is 16.7. The lowest BCUT2D eigenvalue weighted by Gasteiger charge is -2.30. The molecule has 3 heterocycles. The second kappa shape index (κ2) is 5.64. The average Bonchev–Trinajstić information content (AvgIpc) is 3.23. The second-order valence-electron chi connectivity index (χ2n) is 5.77. The average molecular weight is 326 g/mol. The van der Waals surface area contributed by atoms with E-state index in [0.717, 1.165) is 47.6 Å². The summed E-state index contributed by atoms with van der Waals surface area (Å²) in [6, 6.07) is 5.21. The summed E-state index contributed by atoms with van der Waals surface area (Å²) in [5, 5.41) is 4.14. The highest BCUT2D eigenvalue weighted by molar-refractivity contribution is 5.87. The number of fused-ring (bicyclic) bond motifs is 1. The van der Waals surface area contributed by atoms with Crippen molar-refractivity contribution < 1.29 is 9.53 Å². The molecule has 3 N–H and O–H groups in total. The largest absolute Gasteiger partial charge is 0.378 e. The molecule has 0 aliphatic carbocycles. The van der Waals surface area contributed by atoms with Gasteiger partial charge in [0.05, 0.1) is 24.2 Å². The van der Waals surface area contributed by atoms with E-state index in [4.69, 9.17) is 10.5 Å². The summed E-state index contributed by atoms with van der Waals surface area (Å²) in [4.78, 5) is 21.4. The number of nitrogens with one attached hydrogen (secondary N) is 1. The van der Waals surface area contributed by atoms with Crippen LogP contribution in [0, 0.1) is 6.92 Å². The number of hydrogen-bond donors (Lipinski definition) is 2. The van der Waals surface area contributed by atoms with Crippen molar-refractivity contribution in [1.82, 2.24) is 19.7 Å². The number of imidazole rings is 1. The molecule has 124 valence electrons. The lowest BCUT2D eigenvalue weighted by Crippen LogP contribution is -2.36. The van der Waals surface area contributed by atoms with Crippen LogP contribution in [-0.2, 0) is 4.74 Å². The maximum Gasteiger partial charge on any atom is 0.339 e. The van der Waals surface area contributed by atoms with Gasteiger partial charge < -0.3 is 20.4 Å². The van der Waals surface area contributed by atoms with Crippen molar-refractivity contribution in [2.45, 2.75) is 6.92 Å². The zero-order valence-electron chi connectivity index (χ0n) is 13.3. The second-order valence-corrected chi connectivity index (χ2v) is 5.77. The lowest BCUT2D eigenvalue weighted by molar-refractivity contribution is 0.122. The Bertz CT molecular complexity index is 907. The van der Waals surface area contributed by atoms with Crippen molar-refractivity contribution >= 4 is 22.8 Å². The van der Waals surface area contributed by atoms with E-state index in [-0.39, 0.29) is 0 Å². The summed E-state index contributed by atoms with van der Waals surface area (Å²) in [6.07, 6.45) is 1.52. The predicted octanol–water partition coefficient (Wildman–Crippen LogP) is 1.50. The highest BCUT2D eigenvalue weighted by Gasteiger charge is 2.17. The van der Waals surface area contributed by atoms with Gasteiger partial charge in [0.1, 0.15) is 5.69 Å². The first-order valence-electron chi connectivity index (χ1n) is 7.81. The minimum absolute atomic E-state index is 0.581. The van der Waals surface area contributed by atoms with Gasteiger partial charge in [0.2, 0.25) is 0 Å². The number of aryl methyl sites for hydroxylation is 1. The molecule has 0 spiro atoms. The number of primary amides is 1. The van der Waals surface area contributed by atoms with Crippen molar-refractivity contribution in [3.05, 3.63) is 30.0 Å². The van der Waals surface area contributed by atoms with Gasteiger partial charge in [-0.25, -0.2) is 9.78 Å². The van der Waals surface area contributed by atoms with E-state index in [9.17, 15) is 4.79 Å². The summed E-state index contributed by atoms with van der Waals surface area (Å²) in [7, 11) is 0. The molecule has 1 aromatic carbocycles. The standard InChI is InChI=1S/C16H18N6O2/c1-10-13(21-6-8-24-9-7-21)3-2-11-14(10)19-15(18-11)12-4-5-22(20-12)16(17)23/h2-5H,6-9H2,1H3,(H2,17,23)(H,18,19). The summed E-state index contributed by atoms with van der Waals surface area (Å²) in [6.45, 7) is 5.32. The van der Waals surface area contributed by atoms with E-state index in [1.807, 2.05) is 6.07 Å². The van der Waals surface area contributed by atoms with Crippen molar-refractivity contribution in [2.24, 2.45) is 5.73 Å². The van der Waals surface area contributed by atoms with Gasteiger partial charge in [-0.15, -0.1) is 0 Å². The fourth-order valence-corrected chi connectivity index (χ4v) is 3.04. The van der Waals surface area contributed by atoms with Crippen molar-refractivity contribution in [3.63, 3.8) is 0 Å². The number of nitrogens with two attached hydrogens (primary N) is 1. The van der Waals surface area contributed by atoms with Crippen LogP contribution in [0.3, 0.4) is 0 Å². The van der Waals surface area contributed by atoms with Gasteiger partial charge in [-0.3, -0.25) is 0 Å². The van der Waals surface area contributed by atoms with Gasteiger partial charge in [0.25, 0.3) is 0 Å². The summed E-state index contributed by atoms with van der Waals surface area (Å²) >= 11 is 0. The molecule has 4 rings (SSSR count). The Labute approximate surface area is 138 Å². The molecule has 0 bridgehead atoms. The molecular weight excluding hydrogens is 308 g/mol. The van der Waals surface area contributed by atoms with Gasteiger partial charge in [-0.1, -0.05) is 0 Å². The van der Waals surface area contributed by atoms with Crippen LogP contribution in [0.15, 0.2) is 24.4 Å². The Hall–Kier alpha value is -2.87. The molecule has 0 radical (unpaired) electrons. The number of aromatic nitrogens is 4. The van der Waals surface area contributed by atoms with Gasteiger partial charge in [0.15, 0.2) is 5.82 Å². The smallest absolute Gasteiger partial charge is 0.339 e. The Morgan fingerprint density at radius 1 is 1.29 bits per heavy atom. The molecule has 1 amide bonds. The molecule has 2 aromatic heterocycles. The van der Waals surface area contributed by atoms with Crippen LogP contribution in [0.4, 0.5) is 10.5 Å². The molecule has 1 aliphatic heterocycles.